The van der Waals surface area contributed by atoms with Crippen LogP contribution in [0.1, 0.15) is 60.3 Å². The normalized spacial score (nSPS) is 18.7. The van der Waals surface area contributed by atoms with Gasteiger partial charge in [-0.1, -0.05) is 26.7 Å². The monoisotopic (exact) mass is 246 g/mol. The zero-order chi connectivity index (χ0) is 13.3. The Balaban J connectivity index is 3.99. The van der Waals surface area contributed by atoms with E-state index < -0.39 is 0 Å². The molecule has 0 radical (unpaired) electrons. The van der Waals surface area contributed by atoms with Crippen LogP contribution in [-0.4, -0.2) is 36.1 Å². The third-order valence-corrected chi connectivity index (χ3v) is 3.17. The van der Waals surface area contributed by atoms with E-state index in [0.717, 1.165) is 12.8 Å². The molecule has 1 N–H and O–H groups in total. The zero-order valence-corrected chi connectivity index (χ0v) is 12.2. The average molecular weight is 246 g/mol. The predicted octanol–water partition coefficient (Wildman–Crippen LogP) is 3.15. The van der Waals surface area contributed by atoms with Crippen LogP contribution < -0.4 is 0 Å². The highest BCUT2D eigenvalue weighted by molar-refractivity contribution is 4.74. The molecule has 0 bridgehead atoms. The lowest BCUT2D eigenvalue weighted by Crippen LogP contribution is -2.35. The van der Waals surface area contributed by atoms with Gasteiger partial charge >= 0.3 is 0 Å². The van der Waals surface area contributed by atoms with Crippen molar-refractivity contribution in [3.8, 4) is 0 Å². The summed E-state index contributed by atoms with van der Waals surface area (Å²) in [6.07, 6.45) is 4.48. The Bertz CT molecular complexity index is 184. The van der Waals surface area contributed by atoms with Gasteiger partial charge in [0.15, 0.2) is 0 Å². The summed E-state index contributed by atoms with van der Waals surface area (Å²) in [4.78, 5) is 0. The summed E-state index contributed by atoms with van der Waals surface area (Å²) in [7, 11) is 0. The van der Waals surface area contributed by atoms with E-state index in [0.29, 0.717) is 6.61 Å². The summed E-state index contributed by atoms with van der Waals surface area (Å²) in [5.41, 5.74) is -0.0404. The zero-order valence-electron chi connectivity index (χ0n) is 12.2. The minimum atomic E-state index is -0.107. The maximum Gasteiger partial charge on any atom is 0.0788 e. The van der Waals surface area contributed by atoms with Crippen LogP contribution in [0.15, 0.2) is 0 Å². The van der Waals surface area contributed by atoms with Gasteiger partial charge < -0.3 is 14.6 Å². The highest BCUT2D eigenvalue weighted by Gasteiger charge is 2.24. The Morgan fingerprint density at radius 2 is 1.82 bits per heavy atom. The van der Waals surface area contributed by atoms with Crippen LogP contribution in [-0.2, 0) is 9.47 Å². The van der Waals surface area contributed by atoms with Crippen molar-refractivity contribution in [2.24, 2.45) is 0 Å². The molecule has 0 fully saturated rings. The molecule has 0 aromatic rings. The molecule has 104 valence electrons. The van der Waals surface area contributed by atoms with E-state index in [2.05, 4.69) is 20.8 Å². The highest BCUT2D eigenvalue weighted by atomic mass is 16.6. The number of aliphatic hydroxyl groups is 1. The Labute approximate surface area is 107 Å². The largest absolute Gasteiger partial charge is 0.394 e. The summed E-state index contributed by atoms with van der Waals surface area (Å²) >= 11 is 0. The third kappa shape index (κ3) is 7.74. The lowest BCUT2D eigenvalue weighted by Gasteiger charge is -2.32. The van der Waals surface area contributed by atoms with Crippen molar-refractivity contribution in [3.05, 3.63) is 0 Å². The van der Waals surface area contributed by atoms with E-state index in [1.165, 1.54) is 12.8 Å². The van der Waals surface area contributed by atoms with E-state index in [-0.39, 0.29) is 24.4 Å². The van der Waals surface area contributed by atoms with Gasteiger partial charge in [-0.3, -0.25) is 0 Å². The first-order valence-electron chi connectivity index (χ1n) is 6.87. The molecule has 0 aromatic carbocycles. The van der Waals surface area contributed by atoms with Crippen LogP contribution in [0.2, 0.25) is 0 Å². The second-order valence-electron chi connectivity index (χ2n) is 5.16. The van der Waals surface area contributed by atoms with Crippen molar-refractivity contribution in [1.29, 1.82) is 0 Å². The summed E-state index contributed by atoms with van der Waals surface area (Å²) < 4.78 is 11.6. The lowest BCUT2D eigenvalue weighted by molar-refractivity contribution is -0.120. The van der Waals surface area contributed by atoms with Gasteiger partial charge in [-0.05, 0) is 33.6 Å². The summed E-state index contributed by atoms with van der Waals surface area (Å²) in [5.74, 6) is 0. The number of unbranched alkanes of at least 4 members (excludes halogenated alkanes) is 1. The molecule has 0 spiro atoms. The molecule has 0 aliphatic carbocycles. The Kier molecular flexibility index (Phi) is 8.83. The van der Waals surface area contributed by atoms with Gasteiger partial charge in [0.25, 0.3) is 0 Å². The number of rotatable bonds is 10. The van der Waals surface area contributed by atoms with Gasteiger partial charge in [0.2, 0.25) is 0 Å². The van der Waals surface area contributed by atoms with Gasteiger partial charge in [-0.25, -0.2) is 0 Å². The molecule has 3 nitrogen and oxygen atoms in total. The van der Waals surface area contributed by atoms with Crippen LogP contribution in [0.4, 0.5) is 0 Å². The predicted molar refractivity (Wildman–Crippen MR) is 71.3 cm³/mol. The number of ether oxygens (including phenoxy) is 2. The topological polar surface area (TPSA) is 38.7 Å². The van der Waals surface area contributed by atoms with Crippen LogP contribution in [0.5, 0.6) is 0 Å². The molecule has 0 aromatic heterocycles. The molecule has 0 aliphatic heterocycles. The molecule has 3 atom stereocenters. The van der Waals surface area contributed by atoms with E-state index in [1.807, 2.05) is 13.8 Å². The van der Waals surface area contributed by atoms with Gasteiger partial charge in [0.1, 0.15) is 0 Å². The summed E-state index contributed by atoms with van der Waals surface area (Å²) in [6, 6.07) is 0. The standard InChI is InChI=1S/C14H30O3/c1-6-8-9-14(5,7-2)17-13(4)11-16-12(3)10-15/h12-13,15H,6-11H2,1-5H3. The second kappa shape index (κ2) is 8.90. The quantitative estimate of drug-likeness (QED) is 0.643. The van der Waals surface area contributed by atoms with Crippen LogP contribution in [0.25, 0.3) is 0 Å². The highest BCUT2D eigenvalue weighted by Crippen LogP contribution is 2.24. The van der Waals surface area contributed by atoms with E-state index in [4.69, 9.17) is 14.6 Å². The van der Waals surface area contributed by atoms with Crippen molar-refractivity contribution < 1.29 is 14.6 Å². The molecular formula is C14H30O3. The van der Waals surface area contributed by atoms with E-state index in [9.17, 15) is 0 Å². The lowest BCUT2D eigenvalue weighted by atomic mass is 9.95. The summed E-state index contributed by atoms with van der Waals surface area (Å²) in [6.45, 7) is 11.0. The van der Waals surface area contributed by atoms with Gasteiger partial charge in [0.05, 0.1) is 31.0 Å². The maximum absolute atomic E-state index is 8.88. The molecule has 0 aliphatic rings. The molecule has 0 saturated carbocycles. The van der Waals surface area contributed by atoms with E-state index >= 15 is 0 Å². The van der Waals surface area contributed by atoms with Gasteiger partial charge in [0, 0.05) is 0 Å². The SMILES string of the molecule is CCCCC(C)(CC)OC(C)COC(C)CO. The fraction of sp³-hybridized carbons (Fsp3) is 1.00. The number of hydrogen-bond donors (Lipinski definition) is 1. The first-order chi connectivity index (χ1) is 7.97. The minimum Gasteiger partial charge on any atom is -0.394 e. The van der Waals surface area contributed by atoms with Gasteiger partial charge in [-0.2, -0.15) is 0 Å². The molecule has 0 heterocycles. The number of aliphatic hydroxyl groups excluding tert-OH is 1. The Morgan fingerprint density at radius 3 is 2.29 bits per heavy atom. The molecular weight excluding hydrogens is 216 g/mol. The second-order valence-corrected chi connectivity index (χ2v) is 5.16. The molecule has 0 saturated heterocycles. The first-order valence-corrected chi connectivity index (χ1v) is 6.87. The van der Waals surface area contributed by atoms with Crippen molar-refractivity contribution >= 4 is 0 Å². The Hall–Kier alpha value is -0.120. The summed E-state index contributed by atoms with van der Waals surface area (Å²) in [5, 5.41) is 8.88. The number of hydrogen-bond acceptors (Lipinski definition) is 3. The van der Waals surface area contributed by atoms with Crippen molar-refractivity contribution in [2.75, 3.05) is 13.2 Å². The fourth-order valence-electron chi connectivity index (χ4n) is 1.74. The molecule has 0 amide bonds. The Morgan fingerprint density at radius 1 is 1.18 bits per heavy atom. The smallest absolute Gasteiger partial charge is 0.0788 e. The first kappa shape index (κ1) is 16.9. The average Bonchev–Trinajstić information content (AvgIpc) is 2.33. The van der Waals surface area contributed by atoms with Crippen molar-refractivity contribution in [3.63, 3.8) is 0 Å². The van der Waals surface area contributed by atoms with E-state index in [1.54, 1.807) is 0 Å². The molecule has 3 unspecified atom stereocenters. The molecule has 17 heavy (non-hydrogen) atoms. The van der Waals surface area contributed by atoms with Gasteiger partial charge in [-0.15, -0.1) is 0 Å². The van der Waals surface area contributed by atoms with Crippen molar-refractivity contribution in [2.45, 2.75) is 78.1 Å². The van der Waals surface area contributed by atoms with Crippen LogP contribution in [0, 0.1) is 0 Å². The fourth-order valence-corrected chi connectivity index (χ4v) is 1.74. The molecule has 3 heteroatoms. The van der Waals surface area contributed by atoms with Crippen LogP contribution in [0.3, 0.4) is 0 Å². The molecule has 0 rings (SSSR count). The maximum atomic E-state index is 8.88. The third-order valence-electron chi connectivity index (χ3n) is 3.17. The van der Waals surface area contributed by atoms with Crippen molar-refractivity contribution in [1.82, 2.24) is 0 Å². The van der Waals surface area contributed by atoms with Crippen LogP contribution >= 0.6 is 0 Å². The minimum absolute atomic E-state index is 0.0404.